The number of sulfonamides is 1. The van der Waals surface area contributed by atoms with Crippen molar-refractivity contribution in [2.24, 2.45) is 0 Å². The van der Waals surface area contributed by atoms with E-state index < -0.39 is 27.1 Å². The van der Waals surface area contributed by atoms with Crippen LogP contribution in [-0.4, -0.2) is 48.8 Å². The number of nitrogens with one attached hydrogen (secondary N) is 1. The average molecular weight is 552 g/mol. The number of hydroxylamine groups is 1. The predicted molar refractivity (Wildman–Crippen MR) is 127 cm³/mol. The fraction of sp³-hybridized carbons (Fsp3) is 0.174. The lowest BCUT2D eigenvalue weighted by Gasteiger charge is -2.23. The average Bonchev–Trinajstić information content (AvgIpc) is 3.42. The summed E-state index contributed by atoms with van der Waals surface area (Å²) in [5, 5.41) is 2.93. The highest BCUT2D eigenvalue weighted by atomic mass is 32.2. The summed E-state index contributed by atoms with van der Waals surface area (Å²) in [6.45, 7) is 0.438. The molecule has 2 heterocycles. The summed E-state index contributed by atoms with van der Waals surface area (Å²) in [6, 6.07) is 16.3. The smallest absolute Gasteiger partial charge is 0.459 e. The molecule has 4 rings (SSSR count). The van der Waals surface area contributed by atoms with Crippen LogP contribution in [0.25, 0.3) is 0 Å². The summed E-state index contributed by atoms with van der Waals surface area (Å²) >= 11 is 0. The van der Waals surface area contributed by atoms with Crippen LogP contribution in [-0.2, 0) is 35.7 Å². The van der Waals surface area contributed by atoms with E-state index in [1.165, 1.54) is 24.7 Å². The fourth-order valence-electron chi connectivity index (χ4n) is 3.22. The maximum absolute atomic E-state index is 12.7. The van der Waals surface area contributed by atoms with Crippen LogP contribution >= 0.6 is 0 Å². The lowest BCUT2D eigenvalue weighted by molar-refractivity contribution is -0.219. The maximum atomic E-state index is 12.7. The number of carbonyl (C=O) groups is 1. The van der Waals surface area contributed by atoms with Crippen molar-refractivity contribution in [1.82, 2.24) is 14.4 Å². The Hall–Kier alpha value is -4.37. The molecule has 0 saturated heterocycles. The Bertz CT molecular complexity index is 1440. The molecule has 15 heteroatoms. The number of aromatic nitrogens is 2. The molecule has 0 aliphatic carbocycles. The molecule has 2 aromatic carbocycles. The Labute approximate surface area is 215 Å². The molecule has 0 unspecified atom stereocenters. The second-order valence-electron chi connectivity index (χ2n) is 7.66. The standard InChI is InChI=1S/C23H20F3N5O6S/c1-30(37-22(32)23(24,25)26)38(33,34)18-9-5-8-17(10-18)29-19-11-20(28-14-27-19)31(21-13-35-15-36-21)12-16-6-3-2-4-7-16/h2-11,13-14H,12,15H2,1H3,(H,27,28,29). The van der Waals surface area contributed by atoms with Crippen LogP contribution in [0.1, 0.15) is 5.56 Å². The summed E-state index contributed by atoms with van der Waals surface area (Å²) in [7, 11) is -3.92. The van der Waals surface area contributed by atoms with Gasteiger partial charge in [-0.2, -0.15) is 13.2 Å². The van der Waals surface area contributed by atoms with E-state index in [1.54, 1.807) is 11.0 Å². The Morgan fingerprint density at radius 2 is 1.87 bits per heavy atom. The summed E-state index contributed by atoms with van der Waals surface area (Å²) < 4.78 is 73.3. The van der Waals surface area contributed by atoms with Crippen molar-refractivity contribution in [3.8, 4) is 0 Å². The molecular weight excluding hydrogens is 531 g/mol. The second kappa shape index (κ2) is 10.9. The third-order valence-electron chi connectivity index (χ3n) is 5.02. The van der Waals surface area contributed by atoms with Gasteiger partial charge in [-0.1, -0.05) is 36.4 Å². The summed E-state index contributed by atoms with van der Waals surface area (Å²) in [5.41, 5.74) is 1.20. The molecule has 38 heavy (non-hydrogen) atoms. The van der Waals surface area contributed by atoms with Gasteiger partial charge < -0.3 is 19.6 Å². The number of carbonyl (C=O) groups excluding carboxylic acids is 1. The Morgan fingerprint density at radius 1 is 1.11 bits per heavy atom. The first-order chi connectivity index (χ1) is 18.0. The lowest BCUT2D eigenvalue weighted by atomic mass is 10.2. The Kier molecular flexibility index (Phi) is 7.68. The molecule has 0 bridgehead atoms. The number of anilines is 3. The summed E-state index contributed by atoms with van der Waals surface area (Å²) in [5.74, 6) is -1.54. The Morgan fingerprint density at radius 3 is 2.55 bits per heavy atom. The molecule has 0 saturated carbocycles. The van der Waals surface area contributed by atoms with Gasteiger partial charge in [0.1, 0.15) is 24.2 Å². The predicted octanol–water partition coefficient (Wildman–Crippen LogP) is 3.67. The number of alkyl halides is 3. The molecule has 3 aromatic rings. The second-order valence-corrected chi connectivity index (χ2v) is 9.60. The largest absolute Gasteiger partial charge is 0.492 e. The normalized spacial score (nSPS) is 13.3. The van der Waals surface area contributed by atoms with Crippen LogP contribution in [0, 0.1) is 0 Å². The third kappa shape index (κ3) is 6.30. The molecule has 200 valence electrons. The van der Waals surface area contributed by atoms with Gasteiger partial charge in [-0.05, 0) is 28.2 Å². The molecule has 0 spiro atoms. The highest BCUT2D eigenvalue weighted by Crippen LogP contribution is 2.27. The lowest BCUT2D eigenvalue weighted by Crippen LogP contribution is -2.36. The Balaban J connectivity index is 1.55. The minimum absolute atomic E-state index is 0.0464. The van der Waals surface area contributed by atoms with Gasteiger partial charge in [0.05, 0.1) is 11.4 Å². The monoisotopic (exact) mass is 551 g/mol. The number of nitrogens with zero attached hydrogens (tertiary/aromatic N) is 4. The highest BCUT2D eigenvalue weighted by molar-refractivity contribution is 7.89. The van der Waals surface area contributed by atoms with E-state index in [0.717, 1.165) is 17.7 Å². The van der Waals surface area contributed by atoms with Crippen LogP contribution in [0.4, 0.5) is 30.5 Å². The molecule has 1 aromatic heterocycles. The molecular formula is C23H20F3N5O6S. The van der Waals surface area contributed by atoms with Gasteiger partial charge in [0, 0.05) is 18.8 Å². The molecule has 0 amide bonds. The molecule has 1 aliphatic rings. The van der Waals surface area contributed by atoms with Crippen LogP contribution in [0.3, 0.4) is 0 Å². The van der Waals surface area contributed by atoms with Crippen LogP contribution in [0.15, 0.2) is 84.0 Å². The van der Waals surface area contributed by atoms with Gasteiger partial charge in [-0.3, -0.25) is 4.90 Å². The minimum Gasteiger partial charge on any atom is -0.459 e. The highest BCUT2D eigenvalue weighted by Gasteiger charge is 2.43. The number of halogens is 3. The van der Waals surface area contributed by atoms with Gasteiger partial charge in [-0.15, -0.1) is 0 Å². The van der Waals surface area contributed by atoms with E-state index >= 15 is 0 Å². The summed E-state index contributed by atoms with van der Waals surface area (Å²) in [6.07, 6.45) is -2.62. The zero-order valence-electron chi connectivity index (χ0n) is 19.6. The van der Waals surface area contributed by atoms with E-state index in [2.05, 4.69) is 20.1 Å². The number of hydrogen-bond donors (Lipinski definition) is 1. The van der Waals surface area contributed by atoms with Gasteiger partial charge in [-0.25, -0.2) is 23.2 Å². The molecule has 1 aliphatic heterocycles. The van der Waals surface area contributed by atoms with Crippen LogP contribution in [0.2, 0.25) is 0 Å². The number of benzene rings is 2. The van der Waals surface area contributed by atoms with Crippen molar-refractivity contribution in [1.29, 1.82) is 0 Å². The van der Waals surface area contributed by atoms with Crippen molar-refractivity contribution >= 4 is 33.3 Å². The van der Waals surface area contributed by atoms with E-state index in [1.807, 2.05) is 30.3 Å². The number of ether oxygens (including phenoxy) is 2. The van der Waals surface area contributed by atoms with Crippen molar-refractivity contribution < 1.29 is 40.7 Å². The van der Waals surface area contributed by atoms with Gasteiger partial charge in [0.15, 0.2) is 0 Å². The van der Waals surface area contributed by atoms with E-state index in [4.69, 9.17) is 9.47 Å². The van der Waals surface area contributed by atoms with E-state index in [9.17, 15) is 26.4 Å². The van der Waals surface area contributed by atoms with Crippen molar-refractivity contribution in [2.45, 2.75) is 17.6 Å². The van der Waals surface area contributed by atoms with Crippen LogP contribution in [0.5, 0.6) is 0 Å². The molecule has 0 atom stereocenters. The van der Waals surface area contributed by atoms with Crippen molar-refractivity contribution in [2.75, 3.05) is 24.1 Å². The number of hydrogen-bond acceptors (Lipinski definition) is 10. The van der Waals surface area contributed by atoms with Crippen molar-refractivity contribution in [3.05, 3.63) is 84.7 Å². The SMILES string of the molecule is CN(OC(=O)C(F)(F)F)S(=O)(=O)c1cccc(Nc2cc(N(Cc3ccccc3)C3=COCO3)ncn2)c1. The molecule has 1 N–H and O–H groups in total. The topological polar surface area (TPSA) is 123 Å². The van der Waals surface area contributed by atoms with Crippen molar-refractivity contribution in [3.63, 3.8) is 0 Å². The molecule has 11 nitrogen and oxygen atoms in total. The van der Waals surface area contributed by atoms with Gasteiger partial charge in [0.2, 0.25) is 12.7 Å². The minimum atomic E-state index is -5.36. The fourth-order valence-corrected chi connectivity index (χ4v) is 4.21. The first kappa shape index (κ1) is 26.7. The van der Waals surface area contributed by atoms with E-state index in [-0.39, 0.29) is 22.8 Å². The molecule has 0 fully saturated rings. The maximum Gasteiger partial charge on any atom is 0.492 e. The molecule has 0 radical (unpaired) electrons. The third-order valence-corrected chi connectivity index (χ3v) is 6.62. The quantitative estimate of drug-likeness (QED) is 0.394. The van der Waals surface area contributed by atoms with Gasteiger partial charge in [0.25, 0.3) is 10.0 Å². The first-order valence-corrected chi connectivity index (χ1v) is 12.2. The number of rotatable bonds is 9. The first-order valence-electron chi connectivity index (χ1n) is 10.8. The van der Waals surface area contributed by atoms with Gasteiger partial charge >= 0.3 is 12.1 Å². The van der Waals surface area contributed by atoms with E-state index in [0.29, 0.717) is 25.3 Å². The zero-order chi connectivity index (χ0) is 27.3. The zero-order valence-corrected chi connectivity index (χ0v) is 20.4. The van der Waals surface area contributed by atoms with Crippen LogP contribution < -0.4 is 10.2 Å². The summed E-state index contributed by atoms with van der Waals surface area (Å²) in [4.78, 5) is 24.8.